The Morgan fingerprint density at radius 3 is 2.65 bits per heavy atom. The molecule has 2 rings (SSSR count). The third-order valence-corrected chi connectivity index (χ3v) is 5.40. The fourth-order valence-corrected chi connectivity index (χ4v) is 4.17. The van der Waals surface area contributed by atoms with Gasteiger partial charge in [-0.05, 0) is 30.9 Å². The van der Waals surface area contributed by atoms with Crippen molar-refractivity contribution < 1.29 is 4.79 Å². The van der Waals surface area contributed by atoms with E-state index in [4.69, 9.17) is 28.9 Å². The van der Waals surface area contributed by atoms with Gasteiger partial charge in [-0.1, -0.05) is 37.0 Å². The van der Waals surface area contributed by atoms with Crippen LogP contribution in [-0.2, 0) is 7.05 Å². The fraction of sp³-hybridized carbons (Fsp3) is 0.500. The molecule has 4 nitrogen and oxygen atoms in total. The van der Waals surface area contributed by atoms with Gasteiger partial charge in [0.05, 0.1) is 21.8 Å². The molecule has 2 aromatic heterocycles. The number of ketones is 1. The Morgan fingerprint density at radius 2 is 2.13 bits per heavy atom. The standard InChI is InChI=1S/C16H21Cl2N3OS/c1-9(2)4-10(7-19)5-13(22)14-6-11(16(18)23-14)15-12(17)8-20-21(15)3/h6,8-10H,4-5,7,19H2,1-3H3/t10-/m1/s1. The van der Waals surface area contributed by atoms with E-state index in [1.54, 1.807) is 24.0 Å². The number of carbonyl (C=O) groups excluding carboxylic acids is 1. The first kappa shape index (κ1) is 18.5. The van der Waals surface area contributed by atoms with Crippen molar-refractivity contribution >= 4 is 40.3 Å². The molecule has 1 atom stereocenters. The molecule has 0 saturated carbocycles. The van der Waals surface area contributed by atoms with Gasteiger partial charge < -0.3 is 5.73 Å². The number of nitrogens with zero attached hydrogens (tertiary/aromatic N) is 2. The Labute approximate surface area is 150 Å². The van der Waals surface area contributed by atoms with Crippen molar-refractivity contribution in [3.05, 3.63) is 26.5 Å². The average molecular weight is 374 g/mol. The molecule has 126 valence electrons. The van der Waals surface area contributed by atoms with Crippen molar-refractivity contribution in [3.8, 4) is 11.3 Å². The van der Waals surface area contributed by atoms with E-state index < -0.39 is 0 Å². The molecule has 0 bridgehead atoms. The fourth-order valence-electron chi connectivity index (χ4n) is 2.67. The van der Waals surface area contributed by atoms with E-state index in [9.17, 15) is 4.79 Å². The second-order valence-electron chi connectivity index (χ2n) is 6.12. The lowest BCUT2D eigenvalue weighted by Crippen LogP contribution is -2.19. The first-order chi connectivity index (χ1) is 10.8. The molecular formula is C16H21Cl2N3OS. The number of hydrogen-bond acceptors (Lipinski definition) is 4. The summed E-state index contributed by atoms with van der Waals surface area (Å²) in [6.45, 7) is 4.79. The molecule has 0 fully saturated rings. The van der Waals surface area contributed by atoms with Crippen molar-refractivity contribution in [3.63, 3.8) is 0 Å². The van der Waals surface area contributed by atoms with Crippen molar-refractivity contribution in [2.24, 2.45) is 24.6 Å². The third-order valence-electron chi connectivity index (χ3n) is 3.72. The van der Waals surface area contributed by atoms with Gasteiger partial charge in [-0.15, -0.1) is 11.3 Å². The van der Waals surface area contributed by atoms with Gasteiger partial charge in [0.25, 0.3) is 0 Å². The first-order valence-corrected chi connectivity index (χ1v) is 9.11. The highest BCUT2D eigenvalue weighted by Gasteiger charge is 2.21. The predicted molar refractivity (Wildman–Crippen MR) is 97.5 cm³/mol. The lowest BCUT2D eigenvalue weighted by atomic mass is 9.92. The SMILES string of the molecule is CC(C)C[C@@H](CN)CC(=O)c1cc(-c2c(Cl)cnn2C)c(Cl)s1. The number of aromatic nitrogens is 2. The van der Waals surface area contributed by atoms with Crippen LogP contribution < -0.4 is 5.73 Å². The summed E-state index contributed by atoms with van der Waals surface area (Å²) in [7, 11) is 1.80. The smallest absolute Gasteiger partial charge is 0.173 e. The van der Waals surface area contributed by atoms with Crippen molar-refractivity contribution in [2.75, 3.05) is 6.54 Å². The maximum atomic E-state index is 12.5. The zero-order valence-electron chi connectivity index (χ0n) is 13.5. The highest BCUT2D eigenvalue weighted by atomic mass is 35.5. The highest BCUT2D eigenvalue weighted by molar-refractivity contribution is 7.18. The van der Waals surface area contributed by atoms with Crippen molar-refractivity contribution in [1.82, 2.24) is 9.78 Å². The summed E-state index contributed by atoms with van der Waals surface area (Å²) in [5, 5.41) is 4.63. The third kappa shape index (κ3) is 4.35. The maximum Gasteiger partial charge on any atom is 0.173 e. The van der Waals surface area contributed by atoms with Gasteiger partial charge in [0.2, 0.25) is 0 Å². The summed E-state index contributed by atoms with van der Waals surface area (Å²) < 4.78 is 2.21. The van der Waals surface area contributed by atoms with Crippen LogP contribution >= 0.6 is 34.5 Å². The van der Waals surface area contributed by atoms with Gasteiger partial charge in [-0.25, -0.2) is 0 Å². The summed E-state index contributed by atoms with van der Waals surface area (Å²) in [5.41, 5.74) is 7.27. The van der Waals surface area contributed by atoms with E-state index >= 15 is 0 Å². The molecule has 7 heteroatoms. The molecule has 0 aromatic carbocycles. The van der Waals surface area contributed by atoms with Gasteiger partial charge in [-0.3, -0.25) is 9.48 Å². The minimum atomic E-state index is 0.0811. The maximum absolute atomic E-state index is 12.5. The van der Waals surface area contributed by atoms with Gasteiger partial charge in [-0.2, -0.15) is 5.10 Å². The van der Waals surface area contributed by atoms with Crippen LogP contribution in [0.15, 0.2) is 12.3 Å². The minimum absolute atomic E-state index is 0.0811. The van der Waals surface area contributed by atoms with Gasteiger partial charge in [0.1, 0.15) is 4.34 Å². The summed E-state index contributed by atoms with van der Waals surface area (Å²) in [6.07, 6.45) is 2.96. The second kappa shape index (κ2) is 7.79. The van der Waals surface area contributed by atoms with Crippen LogP contribution in [0.4, 0.5) is 0 Å². The molecule has 0 saturated heterocycles. The lowest BCUT2D eigenvalue weighted by Gasteiger charge is -2.15. The zero-order valence-corrected chi connectivity index (χ0v) is 15.8. The number of thiophene rings is 1. The Hall–Kier alpha value is -0.880. The Bertz CT molecular complexity index is 674. The number of aryl methyl sites for hydroxylation is 1. The molecule has 0 radical (unpaired) electrons. The van der Waals surface area contributed by atoms with Crippen LogP contribution in [0.3, 0.4) is 0 Å². The van der Waals surface area contributed by atoms with E-state index in [0.717, 1.165) is 17.7 Å². The monoisotopic (exact) mass is 373 g/mol. The van der Waals surface area contributed by atoms with Crippen LogP contribution in [0.1, 0.15) is 36.4 Å². The van der Waals surface area contributed by atoms with Crippen molar-refractivity contribution in [1.29, 1.82) is 0 Å². The quantitative estimate of drug-likeness (QED) is 0.718. The van der Waals surface area contributed by atoms with Crippen LogP contribution in [-0.4, -0.2) is 22.1 Å². The van der Waals surface area contributed by atoms with Crippen LogP contribution in [0.2, 0.25) is 9.36 Å². The molecular weight excluding hydrogens is 353 g/mol. The first-order valence-electron chi connectivity index (χ1n) is 7.53. The number of hydrogen-bond donors (Lipinski definition) is 1. The van der Waals surface area contributed by atoms with Crippen LogP contribution in [0.5, 0.6) is 0 Å². The molecule has 2 N–H and O–H groups in total. The minimum Gasteiger partial charge on any atom is -0.330 e. The Morgan fingerprint density at radius 1 is 1.43 bits per heavy atom. The number of Topliss-reactive ketones (excluding diaryl/α,β-unsaturated/α-hetero) is 1. The second-order valence-corrected chi connectivity index (χ2v) is 8.18. The van der Waals surface area contributed by atoms with Gasteiger partial charge in [0.15, 0.2) is 5.78 Å². The van der Waals surface area contributed by atoms with Crippen LogP contribution in [0.25, 0.3) is 11.3 Å². The zero-order chi connectivity index (χ0) is 17.1. The molecule has 0 aliphatic carbocycles. The average Bonchev–Trinajstić information content (AvgIpc) is 3.00. The Kier molecular flexibility index (Phi) is 6.26. The molecule has 0 amide bonds. The number of halogens is 2. The highest BCUT2D eigenvalue weighted by Crippen LogP contribution is 2.39. The molecule has 0 spiro atoms. The van der Waals surface area contributed by atoms with Gasteiger partial charge in [0, 0.05) is 19.0 Å². The summed E-state index contributed by atoms with van der Waals surface area (Å²) in [4.78, 5) is 13.2. The topological polar surface area (TPSA) is 60.9 Å². The molecule has 2 aromatic rings. The van der Waals surface area contributed by atoms with E-state index in [2.05, 4.69) is 18.9 Å². The Balaban J connectivity index is 2.22. The largest absolute Gasteiger partial charge is 0.330 e. The normalized spacial score (nSPS) is 12.8. The van der Waals surface area contributed by atoms with E-state index in [0.29, 0.717) is 33.1 Å². The number of rotatable bonds is 7. The lowest BCUT2D eigenvalue weighted by molar-refractivity contribution is 0.0961. The van der Waals surface area contributed by atoms with Crippen LogP contribution in [0, 0.1) is 11.8 Å². The van der Waals surface area contributed by atoms with Crippen molar-refractivity contribution in [2.45, 2.75) is 26.7 Å². The molecule has 0 unspecified atom stereocenters. The van der Waals surface area contributed by atoms with E-state index in [1.807, 2.05) is 0 Å². The van der Waals surface area contributed by atoms with Gasteiger partial charge >= 0.3 is 0 Å². The summed E-state index contributed by atoms with van der Waals surface area (Å²) in [5.74, 6) is 0.803. The molecule has 2 heterocycles. The molecule has 0 aliphatic rings. The number of carbonyl (C=O) groups is 1. The van der Waals surface area contributed by atoms with E-state index in [1.165, 1.54) is 11.3 Å². The summed E-state index contributed by atoms with van der Waals surface area (Å²) in [6, 6.07) is 1.81. The molecule has 23 heavy (non-hydrogen) atoms. The number of nitrogens with two attached hydrogens (primary N) is 1. The molecule has 0 aliphatic heterocycles. The summed E-state index contributed by atoms with van der Waals surface area (Å²) >= 11 is 13.8. The van der Waals surface area contributed by atoms with E-state index in [-0.39, 0.29) is 11.7 Å². The predicted octanol–water partition coefficient (Wildman–Crippen LogP) is 4.65.